The van der Waals surface area contributed by atoms with Crippen LogP contribution >= 0.6 is 23.2 Å². The number of aryl methyl sites for hydroxylation is 3. The zero-order valence-corrected chi connectivity index (χ0v) is 27.3. The monoisotopic (exact) mass is 631 g/mol. The predicted molar refractivity (Wildman–Crippen MR) is 171 cm³/mol. The Morgan fingerprint density at radius 3 is 2.05 bits per heavy atom. The third kappa shape index (κ3) is 7.85. The molecule has 0 fully saturated rings. The fourth-order valence-corrected chi connectivity index (χ4v) is 6.38. The molecule has 0 saturated carbocycles. The summed E-state index contributed by atoms with van der Waals surface area (Å²) in [6.45, 7) is 10.7. The standard InChI is InChI=1S/C32H39Cl2N3O4S/c1-7-24(6)35-32(39)30(8-2)36(19-27-28(33)10-9-11-29(27)34)31(38)20-37(25-15-14-22(4)23(5)18-25)42(40,41)26-16-12-21(3)13-17-26/h9-18,24,30H,7-8,19-20H2,1-6H3,(H,35,39)/t24-,30-/m1/s1. The Morgan fingerprint density at radius 1 is 0.881 bits per heavy atom. The maximum absolute atomic E-state index is 14.3. The Bertz CT molecular complexity index is 1510. The first-order valence-electron chi connectivity index (χ1n) is 14.0. The fraction of sp³-hybridized carbons (Fsp3) is 0.375. The number of benzene rings is 3. The van der Waals surface area contributed by atoms with E-state index in [0.717, 1.165) is 21.0 Å². The van der Waals surface area contributed by atoms with Gasteiger partial charge in [0.05, 0.1) is 10.6 Å². The van der Waals surface area contributed by atoms with Gasteiger partial charge < -0.3 is 10.2 Å². The van der Waals surface area contributed by atoms with Gasteiger partial charge in [0, 0.05) is 28.2 Å². The van der Waals surface area contributed by atoms with Crippen LogP contribution in [0, 0.1) is 20.8 Å². The van der Waals surface area contributed by atoms with Gasteiger partial charge in [-0.05, 0) is 88.1 Å². The van der Waals surface area contributed by atoms with Crippen LogP contribution in [0.15, 0.2) is 65.6 Å². The van der Waals surface area contributed by atoms with Gasteiger partial charge in [-0.25, -0.2) is 8.42 Å². The molecule has 226 valence electrons. The number of anilines is 1. The smallest absolute Gasteiger partial charge is 0.264 e. The van der Waals surface area contributed by atoms with Crippen molar-refractivity contribution in [1.29, 1.82) is 0 Å². The zero-order valence-electron chi connectivity index (χ0n) is 24.9. The average molecular weight is 633 g/mol. The Kier molecular flexibility index (Phi) is 11.5. The van der Waals surface area contributed by atoms with Crippen LogP contribution in [0.3, 0.4) is 0 Å². The van der Waals surface area contributed by atoms with Crippen LogP contribution in [-0.2, 0) is 26.2 Å². The average Bonchev–Trinajstić information content (AvgIpc) is 2.94. The highest BCUT2D eigenvalue weighted by molar-refractivity contribution is 7.92. The van der Waals surface area contributed by atoms with Crippen molar-refractivity contribution in [2.75, 3.05) is 10.8 Å². The van der Waals surface area contributed by atoms with E-state index in [1.807, 2.05) is 40.7 Å². The normalized spacial score (nSPS) is 12.9. The van der Waals surface area contributed by atoms with E-state index in [4.69, 9.17) is 23.2 Å². The van der Waals surface area contributed by atoms with Gasteiger partial charge in [0.1, 0.15) is 12.6 Å². The third-order valence-electron chi connectivity index (χ3n) is 7.44. The van der Waals surface area contributed by atoms with Crippen LogP contribution in [0.2, 0.25) is 10.0 Å². The number of hydrogen-bond donors (Lipinski definition) is 1. The van der Waals surface area contributed by atoms with Crippen LogP contribution in [-0.4, -0.2) is 43.8 Å². The molecule has 0 radical (unpaired) electrons. The molecule has 42 heavy (non-hydrogen) atoms. The summed E-state index contributed by atoms with van der Waals surface area (Å²) in [7, 11) is -4.16. The molecule has 0 aliphatic heterocycles. The number of halogens is 2. The molecule has 1 N–H and O–H groups in total. The maximum atomic E-state index is 14.3. The van der Waals surface area contributed by atoms with Crippen LogP contribution in [0.1, 0.15) is 55.9 Å². The van der Waals surface area contributed by atoms with Gasteiger partial charge in [-0.3, -0.25) is 13.9 Å². The molecular formula is C32H39Cl2N3O4S. The second kappa shape index (κ2) is 14.4. The van der Waals surface area contributed by atoms with Crippen molar-refractivity contribution >= 4 is 50.7 Å². The minimum Gasteiger partial charge on any atom is -0.352 e. The summed E-state index contributed by atoms with van der Waals surface area (Å²) in [6.07, 6.45) is 1.01. The molecule has 0 aliphatic carbocycles. The molecule has 3 aromatic carbocycles. The number of nitrogens with zero attached hydrogens (tertiary/aromatic N) is 2. The number of sulfonamides is 1. The molecule has 2 atom stereocenters. The second-order valence-corrected chi connectivity index (χ2v) is 13.2. The van der Waals surface area contributed by atoms with Crippen molar-refractivity contribution in [1.82, 2.24) is 10.2 Å². The summed E-state index contributed by atoms with van der Waals surface area (Å²) >= 11 is 13.0. The summed E-state index contributed by atoms with van der Waals surface area (Å²) in [5, 5.41) is 3.65. The van der Waals surface area contributed by atoms with Crippen LogP contribution < -0.4 is 9.62 Å². The molecule has 0 heterocycles. The minimum absolute atomic E-state index is 0.0568. The molecule has 3 aromatic rings. The van der Waals surface area contributed by atoms with Crippen LogP contribution in [0.4, 0.5) is 5.69 Å². The lowest BCUT2D eigenvalue weighted by Gasteiger charge is -2.34. The number of nitrogens with one attached hydrogen (secondary N) is 1. The van der Waals surface area contributed by atoms with Crippen molar-refractivity contribution in [2.24, 2.45) is 0 Å². The number of rotatable bonds is 12. The molecule has 0 unspecified atom stereocenters. The molecule has 0 spiro atoms. The molecule has 3 rings (SSSR count). The zero-order chi connectivity index (χ0) is 31.2. The van der Waals surface area contributed by atoms with Crippen molar-refractivity contribution in [3.63, 3.8) is 0 Å². The SMILES string of the molecule is CC[C@@H](C)NC(=O)[C@@H](CC)N(Cc1c(Cl)cccc1Cl)C(=O)CN(c1ccc(C)c(C)c1)S(=O)(=O)c1ccc(C)cc1. The van der Waals surface area contributed by atoms with E-state index in [1.54, 1.807) is 49.4 Å². The Morgan fingerprint density at radius 2 is 1.50 bits per heavy atom. The number of carbonyl (C=O) groups excluding carboxylic acids is 2. The summed E-state index contributed by atoms with van der Waals surface area (Å²) in [5.41, 5.74) is 3.59. The van der Waals surface area contributed by atoms with Gasteiger partial charge in [0.15, 0.2) is 0 Å². The van der Waals surface area contributed by atoms with Gasteiger partial charge in [-0.2, -0.15) is 0 Å². The Balaban J connectivity index is 2.12. The molecule has 0 aromatic heterocycles. The van der Waals surface area contributed by atoms with E-state index in [1.165, 1.54) is 17.0 Å². The summed E-state index contributed by atoms with van der Waals surface area (Å²) in [6, 6.07) is 15.8. The van der Waals surface area contributed by atoms with E-state index in [9.17, 15) is 18.0 Å². The second-order valence-electron chi connectivity index (χ2n) is 10.6. The topological polar surface area (TPSA) is 86.8 Å². The van der Waals surface area contributed by atoms with Gasteiger partial charge in [0.25, 0.3) is 10.0 Å². The molecule has 2 amide bonds. The number of amides is 2. The summed E-state index contributed by atoms with van der Waals surface area (Å²) in [4.78, 5) is 29.1. The van der Waals surface area contributed by atoms with Crippen LogP contribution in [0.25, 0.3) is 0 Å². The highest BCUT2D eigenvalue weighted by atomic mass is 35.5. The predicted octanol–water partition coefficient (Wildman–Crippen LogP) is 6.84. The molecule has 10 heteroatoms. The largest absolute Gasteiger partial charge is 0.352 e. The van der Waals surface area contributed by atoms with Crippen molar-refractivity contribution in [3.8, 4) is 0 Å². The van der Waals surface area contributed by atoms with E-state index < -0.39 is 28.5 Å². The molecule has 0 saturated heterocycles. The Hall–Kier alpha value is -3.07. The highest BCUT2D eigenvalue weighted by Gasteiger charge is 2.34. The van der Waals surface area contributed by atoms with E-state index in [0.29, 0.717) is 34.1 Å². The van der Waals surface area contributed by atoms with Crippen LogP contribution in [0.5, 0.6) is 0 Å². The summed E-state index contributed by atoms with van der Waals surface area (Å²) in [5.74, 6) is -0.895. The van der Waals surface area contributed by atoms with Crippen molar-refractivity contribution in [2.45, 2.75) is 77.9 Å². The van der Waals surface area contributed by atoms with E-state index in [-0.39, 0.29) is 23.4 Å². The van der Waals surface area contributed by atoms with Gasteiger partial charge >= 0.3 is 0 Å². The van der Waals surface area contributed by atoms with Crippen molar-refractivity contribution in [3.05, 3.63) is 93.0 Å². The van der Waals surface area contributed by atoms with E-state index in [2.05, 4.69) is 5.32 Å². The molecule has 7 nitrogen and oxygen atoms in total. The van der Waals surface area contributed by atoms with Gasteiger partial charge in [-0.15, -0.1) is 0 Å². The molecule has 0 aliphatic rings. The lowest BCUT2D eigenvalue weighted by molar-refractivity contribution is -0.140. The molecular weight excluding hydrogens is 593 g/mol. The number of hydrogen-bond acceptors (Lipinski definition) is 4. The minimum atomic E-state index is -4.16. The summed E-state index contributed by atoms with van der Waals surface area (Å²) < 4.78 is 29.2. The van der Waals surface area contributed by atoms with Crippen molar-refractivity contribution < 1.29 is 18.0 Å². The fourth-order valence-electron chi connectivity index (χ4n) is 4.46. The van der Waals surface area contributed by atoms with E-state index >= 15 is 0 Å². The van der Waals surface area contributed by atoms with Gasteiger partial charge in [0.2, 0.25) is 11.8 Å². The van der Waals surface area contributed by atoms with Gasteiger partial charge in [-0.1, -0.05) is 66.9 Å². The first kappa shape index (κ1) is 33.4. The lowest BCUT2D eigenvalue weighted by Crippen LogP contribution is -2.53. The molecule has 0 bridgehead atoms. The highest BCUT2D eigenvalue weighted by Crippen LogP contribution is 2.29. The number of carbonyl (C=O) groups is 2. The lowest BCUT2D eigenvalue weighted by atomic mass is 10.1. The quantitative estimate of drug-likeness (QED) is 0.237. The first-order valence-corrected chi connectivity index (χ1v) is 16.2. The third-order valence-corrected chi connectivity index (χ3v) is 9.94. The maximum Gasteiger partial charge on any atom is 0.264 e. The first-order chi connectivity index (χ1) is 19.8. The Labute approximate surface area is 259 Å².